The lowest BCUT2D eigenvalue weighted by atomic mass is 10.2. The molecule has 0 aromatic heterocycles. The van der Waals surface area contributed by atoms with Gasteiger partial charge in [-0.2, -0.15) is 5.10 Å². The largest absolute Gasteiger partial charge is 0.493 e. The Morgan fingerprint density at radius 2 is 1.76 bits per heavy atom. The fraction of sp³-hybridized carbons (Fsp3) is 0.316. The van der Waals surface area contributed by atoms with Gasteiger partial charge in [-0.3, -0.25) is 5.43 Å². The van der Waals surface area contributed by atoms with Gasteiger partial charge in [-0.25, -0.2) is 8.78 Å². The first-order chi connectivity index (χ1) is 12.1. The third-order valence-electron chi connectivity index (χ3n) is 3.24. The molecule has 0 aliphatic heterocycles. The average Bonchev–Trinajstić information content (AvgIpc) is 2.61. The molecule has 0 unspecified atom stereocenters. The van der Waals surface area contributed by atoms with Crippen LogP contribution in [0, 0.1) is 11.6 Å². The van der Waals surface area contributed by atoms with Crippen molar-refractivity contribution in [1.29, 1.82) is 0 Å². The molecule has 25 heavy (non-hydrogen) atoms. The van der Waals surface area contributed by atoms with Gasteiger partial charge >= 0.3 is 0 Å². The van der Waals surface area contributed by atoms with Crippen molar-refractivity contribution in [3.63, 3.8) is 0 Å². The van der Waals surface area contributed by atoms with Gasteiger partial charge in [0.25, 0.3) is 0 Å². The molecule has 0 saturated carbocycles. The van der Waals surface area contributed by atoms with E-state index in [1.54, 1.807) is 0 Å². The summed E-state index contributed by atoms with van der Waals surface area (Å²) in [5, 5.41) is 4.00. The van der Waals surface area contributed by atoms with E-state index in [4.69, 9.17) is 9.47 Å². The predicted molar refractivity (Wildman–Crippen MR) is 95.6 cm³/mol. The molecule has 1 N–H and O–H groups in total. The van der Waals surface area contributed by atoms with E-state index in [0.717, 1.165) is 36.3 Å². The van der Waals surface area contributed by atoms with Gasteiger partial charge in [-0.1, -0.05) is 13.8 Å². The zero-order valence-corrected chi connectivity index (χ0v) is 14.4. The molecule has 0 aliphatic rings. The minimum Gasteiger partial charge on any atom is -0.493 e. The third-order valence-corrected chi connectivity index (χ3v) is 3.24. The fourth-order valence-electron chi connectivity index (χ4n) is 2.02. The monoisotopic (exact) mass is 348 g/mol. The number of hydrazone groups is 1. The molecular weight excluding hydrogens is 326 g/mol. The zero-order chi connectivity index (χ0) is 18.1. The Balaban J connectivity index is 2.12. The molecule has 0 bridgehead atoms. The van der Waals surface area contributed by atoms with E-state index >= 15 is 0 Å². The lowest BCUT2D eigenvalue weighted by Gasteiger charge is -2.11. The molecule has 0 spiro atoms. The van der Waals surface area contributed by atoms with Crippen molar-refractivity contribution < 1.29 is 18.3 Å². The van der Waals surface area contributed by atoms with E-state index in [1.807, 2.05) is 32.0 Å². The van der Waals surface area contributed by atoms with Gasteiger partial charge in [0, 0.05) is 17.7 Å². The molecule has 0 saturated heterocycles. The first-order valence-corrected chi connectivity index (χ1v) is 8.27. The summed E-state index contributed by atoms with van der Waals surface area (Å²) in [4.78, 5) is 0. The van der Waals surface area contributed by atoms with Crippen LogP contribution in [0.2, 0.25) is 0 Å². The second-order valence-electron chi connectivity index (χ2n) is 5.39. The van der Waals surface area contributed by atoms with Crippen LogP contribution in [0.25, 0.3) is 0 Å². The average molecular weight is 348 g/mol. The summed E-state index contributed by atoms with van der Waals surface area (Å²) in [6.45, 7) is 5.25. The Hall–Kier alpha value is -2.63. The van der Waals surface area contributed by atoms with E-state index in [9.17, 15) is 8.78 Å². The van der Waals surface area contributed by atoms with Gasteiger partial charge in [0.2, 0.25) is 0 Å². The fourth-order valence-corrected chi connectivity index (χ4v) is 2.02. The molecule has 2 aromatic rings. The highest BCUT2D eigenvalue weighted by Gasteiger charge is 2.06. The molecule has 6 heteroatoms. The first-order valence-electron chi connectivity index (χ1n) is 8.27. The Morgan fingerprint density at radius 1 is 1.00 bits per heavy atom. The molecule has 0 amide bonds. The van der Waals surface area contributed by atoms with E-state index in [2.05, 4.69) is 10.5 Å². The molecule has 134 valence electrons. The quantitative estimate of drug-likeness (QED) is 0.513. The number of benzene rings is 2. The second-order valence-corrected chi connectivity index (χ2v) is 5.39. The summed E-state index contributed by atoms with van der Waals surface area (Å²) in [6.07, 6.45) is 3.31. The lowest BCUT2D eigenvalue weighted by Crippen LogP contribution is -2.02. The number of nitrogens with one attached hydrogen (secondary N) is 1. The molecule has 0 radical (unpaired) electrons. The van der Waals surface area contributed by atoms with Crippen LogP contribution >= 0.6 is 0 Å². The summed E-state index contributed by atoms with van der Waals surface area (Å²) in [7, 11) is 0. The molecule has 0 heterocycles. The smallest absolute Gasteiger partial charge is 0.151 e. The highest BCUT2D eigenvalue weighted by molar-refractivity contribution is 5.84. The summed E-state index contributed by atoms with van der Waals surface area (Å²) in [5.74, 6) is 0.0242. The summed E-state index contributed by atoms with van der Waals surface area (Å²) in [6, 6.07) is 8.71. The second kappa shape index (κ2) is 9.61. The van der Waals surface area contributed by atoms with Crippen LogP contribution in [-0.2, 0) is 0 Å². The third kappa shape index (κ3) is 5.74. The number of nitrogens with zero attached hydrogens (tertiary/aromatic N) is 1. The van der Waals surface area contributed by atoms with E-state index < -0.39 is 11.6 Å². The minimum atomic E-state index is -0.706. The number of halogens is 2. The van der Waals surface area contributed by atoms with E-state index in [1.165, 1.54) is 12.3 Å². The van der Waals surface area contributed by atoms with Crippen LogP contribution in [0.1, 0.15) is 32.3 Å². The van der Waals surface area contributed by atoms with Crippen LogP contribution < -0.4 is 14.9 Å². The molecule has 0 fully saturated rings. The highest BCUT2D eigenvalue weighted by Crippen LogP contribution is 2.24. The maximum atomic E-state index is 13.6. The van der Waals surface area contributed by atoms with Gasteiger partial charge in [-0.15, -0.1) is 0 Å². The first kappa shape index (κ1) is 18.7. The molecule has 2 aromatic carbocycles. The molecule has 0 atom stereocenters. The van der Waals surface area contributed by atoms with Gasteiger partial charge in [0.1, 0.15) is 17.3 Å². The minimum absolute atomic E-state index is 0.0941. The maximum absolute atomic E-state index is 13.6. The molecule has 4 nitrogen and oxygen atoms in total. The van der Waals surface area contributed by atoms with Crippen LogP contribution in [0.4, 0.5) is 14.5 Å². The Bertz CT molecular complexity index is 721. The SMILES string of the molecule is CCCOc1ccc(/C=N/Nc2ccc(F)cc2F)c(OCCC)c1. The van der Waals surface area contributed by atoms with Crippen molar-refractivity contribution in [2.45, 2.75) is 26.7 Å². The van der Waals surface area contributed by atoms with Gasteiger partial charge in [0.05, 0.1) is 25.1 Å². The zero-order valence-electron chi connectivity index (χ0n) is 14.4. The molecule has 0 aliphatic carbocycles. The van der Waals surface area contributed by atoms with Gasteiger partial charge in [0.15, 0.2) is 5.82 Å². The number of anilines is 1. The highest BCUT2D eigenvalue weighted by atomic mass is 19.1. The van der Waals surface area contributed by atoms with Crippen molar-refractivity contribution in [2.24, 2.45) is 5.10 Å². The predicted octanol–water partition coefficient (Wildman–Crippen LogP) is 4.99. The lowest BCUT2D eigenvalue weighted by molar-refractivity contribution is 0.301. The number of ether oxygens (including phenoxy) is 2. The van der Waals surface area contributed by atoms with Gasteiger partial charge in [-0.05, 0) is 37.1 Å². The summed E-state index contributed by atoms with van der Waals surface area (Å²) >= 11 is 0. The Labute approximate surface area is 146 Å². The Kier molecular flexibility index (Phi) is 7.19. The summed E-state index contributed by atoms with van der Waals surface area (Å²) < 4.78 is 37.8. The van der Waals surface area contributed by atoms with Crippen molar-refractivity contribution in [1.82, 2.24) is 0 Å². The van der Waals surface area contributed by atoms with Crippen molar-refractivity contribution in [2.75, 3.05) is 18.6 Å². The van der Waals surface area contributed by atoms with Crippen LogP contribution in [0.15, 0.2) is 41.5 Å². The van der Waals surface area contributed by atoms with Crippen molar-refractivity contribution in [3.8, 4) is 11.5 Å². The van der Waals surface area contributed by atoms with E-state index in [-0.39, 0.29) is 5.69 Å². The van der Waals surface area contributed by atoms with Crippen molar-refractivity contribution in [3.05, 3.63) is 53.6 Å². The van der Waals surface area contributed by atoms with Crippen LogP contribution in [0.5, 0.6) is 11.5 Å². The van der Waals surface area contributed by atoms with Crippen LogP contribution in [0.3, 0.4) is 0 Å². The normalized spacial score (nSPS) is 10.9. The van der Waals surface area contributed by atoms with Crippen molar-refractivity contribution >= 4 is 11.9 Å². The van der Waals surface area contributed by atoms with Crippen LogP contribution in [-0.4, -0.2) is 19.4 Å². The standard InChI is InChI=1S/C19H22F2N2O2/c1-3-9-24-16-7-5-14(19(12-16)25-10-4-2)13-22-23-18-8-6-15(20)11-17(18)21/h5-8,11-13,23H,3-4,9-10H2,1-2H3/b22-13+. The number of rotatable bonds is 9. The van der Waals surface area contributed by atoms with E-state index in [0.29, 0.717) is 19.0 Å². The Morgan fingerprint density at radius 3 is 2.48 bits per heavy atom. The number of hydrogen-bond donors (Lipinski definition) is 1. The topological polar surface area (TPSA) is 42.8 Å². The summed E-state index contributed by atoms with van der Waals surface area (Å²) in [5.41, 5.74) is 3.38. The maximum Gasteiger partial charge on any atom is 0.151 e. The number of hydrogen-bond acceptors (Lipinski definition) is 4. The molecule has 2 rings (SSSR count). The molecular formula is C19H22F2N2O2. The van der Waals surface area contributed by atoms with Gasteiger partial charge < -0.3 is 9.47 Å².